The maximum Gasteiger partial charge on any atom is 0.0919 e. The van der Waals surface area contributed by atoms with Crippen molar-refractivity contribution in [2.24, 2.45) is 5.18 Å². The van der Waals surface area contributed by atoms with Crippen LogP contribution in [0.25, 0.3) is 0 Å². The fraction of sp³-hybridized carbons (Fsp3) is 1.00. The van der Waals surface area contributed by atoms with Gasteiger partial charge in [0.1, 0.15) is 0 Å². The van der Waals surface area contributed by atoms with Crippen LogP contribution < -0.4 is 0 Å². The van der Waals surface area contributed by atoms with E-state index in [1.54, 1.807) is 0 Å². The van der Waals surface area contributed by atoms with E-state index in [1.807, 2.05) is 0 Å². The summed E-state index contributed by atoms with van der Waals surface area (Å²) in [6.45, 7) is 0. The van der Waals surface area contributed by atoms with Crippen molar-refractivity contribution in [1.82, 2.24) is 0 Å². The molecule has 1 saturated carbocycles. The van der Waals surface area contributed by atoms with Gasteiger partial charge < -0.3 is 0 Å². The highest BCUT2D eigenvalue weighted by molar-refractivity contribution is 4.66. The normalized spacial score (nSPS) is 23.7. The average molecular weight is 338 g/mol. The lowest BCUT2D eigenvalue weighted by Gasteiger charge is -2.09. The number of nitroso groups, excluding NO2 is 1. The zero-order valence-electron chi connectivity index (χ0n) is 16.3. The second-order valence-electron chi connectivity index (χ2n) is 8.05. The van der Waals surface area contributed by atoms with Crippen LogP contribution in [0.2, 0.25) is 0 Å². The number of hydrogen-bond donors (Lipinski definition) is 0. The van der Waals surface area contributed by atoms with Gasteiger partial charge in [-0.25, -0.2) is 0 Å². The van der Waals surface area contributed by atoms with E-state index in [2.05, 4.69) is 5.18 Å². The first-order valence-electron chi connectivity index (χ1n) is 11.3. The van der Waals surface area contributed by atoms with Crippen molar-refractivity contribution in [3.05, 3.63) is 4.91 Å². The van der Waals surface area contributed by atoms with Crippen LogP contribution in [-0.4, -0.2) is 6.04 Å². The summed E-state index contributed by atoms with van der Waals surface area (Å²) in [6, 6.07) is 0.0999. The zero-order valence-corrected chi connectivity index (χ0v) is 16.3. The topological polar surface area (TPSA) is 29.4 Å². The fourth-order valence-electron chi connectivity index (χ4n) is 4.01. The van der Waals surface area contributed by atoms with E-state index in [1.165, 1.54) is 122 Å². The van der Waals surface area contributed by atoms with Gasteiger partial charge in [0.25, 0.3) is 0 Å². The second-order valence-corrected chi connectivity index (χ2v) is 8.05. The number of hydrogen-bond acceptors (Lipinski definition) is 2. The van der Waals surface area contributed by atoms with Crippen LogP contribution in [0.15, 0.2) is 5.18 Å². The minimum atomic E-state index is 0.0999. The first kappa shape index (κ1) is 21.6. The zero-order chi connectivity index (χ0) is 17.1. The smallest absolute Gasteiger partial charge is 0.0919 e. The SMILES string of the molecule is O=NC1CCCCCCCCCCCCCCCCCCCCC1. The predicted octanol–water partition coefficient (Wildman–Crippen LogP) is 8.33. The van der Waals surface area contributed by atoms with E-state index >= 15 is 0 Å². The van der Waals surface area contributed by atoms with Crippen molar-refractivity contribution >= 4 is 0 Å². The first-order valence-corrected chi connectivity index (χ1v) is 11.3. The molecular formula is C22H43NO. The Morgan fingerprint density at radius 1 is 0.375 bits per heavy atom. The average Bonchev–Trinajstić information content (AvgIpc) is 2.60. The number of rotatable bonds is 1. The molecule has 1 aliphatic carbocycles. The van der Waals surface area contributed by atoms with Gasteiger partial charge in [-0.15, -0.1) is 0 Å². The van der Waals surface area contributed by atoms with Gasteiger partial charge in [-0.3, -0.25) is 0 Å². The summed E-state index contributed by atoms with van der Waals surface area (Å²) in [5.41, 5.74) is 0. The third-order valence-corrected chi connectivity index (χ3v) is 5.72. The van der Waals surface area contributed by atoms with Crippen molar-refractivity contribution in [2.45, 2.75) is 141 Å². The summed E-state index contributed by atoms with van der Waals surface area (Å²) in [6.07, 6.45) is 28.4. The molecule has 142 valence electrons. The monoisotopic (exact) mass is 337 g/mol. The van der Waals surface area contributed by atoms with E-state index < -0.39 is 0 Å². The van der Waals surface area contributed by atoms with E-state index in [-0.39, 0.29) is 6.04 Å². The molecule has 1 fully saturated rings. The van der Waals surface area contributed by atoms with Crippen molar-refractivity contribution < 1.29 is 0 Å². The molecule has 0 aromatic carbocycles. The van der Waals surface area contributed by atoms with Gasteiger partial charge in [-0.2, -0.15) is 4.91 Å². The van der Waals surface area contributed by atoms with Crippen molar-refractivity contribution in [3.8, 4) is 0 Å². The van der Waals surface area contributed by atoms with Crippen LogP contribution in [-0.2, 0) is 0 Å². The van der Waals surface area contributed by atoms with Crippen molar-refractivity contribution in [2.75, 3.05) is 0 Å². The van der Waals surface area contributed by atoms with E-state index in [9.17, 15) is 4.91 Å². The first-order chi connectivity index (χ1) is 11.9. The number of nitrogens with zero attached hydrogens (tertiary/aromatic N) is 1. The maximum absolute atomic E-state index is 11.0. The molecule has 2 nitrogen and oxygen atoms in total. The molecule has 0 spiro atoms. The molecule has 0 aromatic heterocycles. The molecule has 0 aliphatic heterocycles. The largest absolute Gasteiger partial charge is 0.151 e. The molecular weight excluding hydrogens is 294 g/mol. The third kappa shape index (κ3) is 14.0. The third-order valence-electron chi connectivity index (χ3n) is 5.72. The molecule has 0 unspecified atom stereocenters. The van der Waals surface area contributed by atoms with Gasteiger partial charge in [0.2, 0.25) is 0 Å². The molecule has 0 atom stereocenters. The summed E-state index contributed by atoms with van der Waals surface area (Å²) in [4.78, 5) is 11.0. The van der Waals surface area contributed by atoms with Gasteiger partial charge in [-0.1, -0.05) is 127 Å². The lowest BCUT2D eigenvalue weighted by atomic mass is 9.99. The van der Waals surface area contributed by atoms with Gasteiger partial charge in [0, 0.05) is 0 Å². The lowest BCUT2D eigenvalue weighted by molar-refractivity contribution is 0.474. The molecule has 0 bridgehead atoms. The van der Waals surface area contributed by atoms with Gasteiger partial charge >= 0.3 is 0 Å². The molecule has 24 heavy (non-hydrogen) atoms. The molecule has 0 saturated heterocycles. The van der Waals surface area contributed by atoms with Crippen LogP contribution in [0.4, 0.5) is 0 Å². The van der Waals surface area contributed by atoms with E-state index in [0.717, 1.165) is 12.8 Å². The van der Waals surface area contributed by atoms with E-state index in [0.29, 0.717) is 0 Å². The van der Waals surface area contributed by atoms with Crippen molar-refractivity contribution in [3.63, 3.8) is 0 Å². The summed E-state index contributed by atoms with van der Waals surface area (Å²) in [7, 11) is 0. The highest BCUT2D eigenvalue weighted by atomic mass is 16.3. The lowest BCUT2D eigenvalue weighted by Crippen LogP contribution is -2.03. The van der Waals surface area contributed by atoms with Crippen molar-refractivity contribution in [1.29, 1.82) is 0 Å². The maximum atomic E-state index is 11.0. The van der Waals surface area contributed by atoms with Gasteiger partial charge in [-0.05, 0) is 12.8 Å². The van der Waals surface area contributed by atoms with Crippen LogP contribution in [0.5, 0.6) is 0 Å². The summed E-state index contributed by atoms with van der Waals surface area (Å²) in [5.74, 6) is 0. The van der Waals surface area contributed by atoms with E-state index in [4.69, 9.17) is 0 Å². The Balaban J connectivity index is 2.14. The Hall–Kier alpha value is -0.400. The summed E-state index contributed by atoms with van der Waals surface area (Å²) < 4.78 is 0. The van der Waals surface area contributed by atoms with Gasteiger partial charge in [0.15, 0.2) is 0 Å². The summed E-state index contributed by atoms with van der Waals surface area (Å²) >= 11 is 0. The highest BCUT2D eigenvalue weighted by Crippen LogP contribution is 2.18. The van der Waals surface area contributed by atoms with Crippen LogP contribution in [0, 0.1) is 4.91 Å². The Labute approximate surface area is 151 Å². The molecule has 0 N–H and O–H groups in total. The molecule has 2 heteroatoms. The van der Waals surface area contributed by atoms with Gasteiger partial charge in [0.05, 0.1) is 6.04 Å². The second kappa shape index (κ2) is 17.4. The highest BCUT2D eigenvalue weighted by Gasteiger charge is 2.08. The molecule has 1 rings (SSSR count). The Morgan fingerprint density at radius 3 is 0.792 bits per heavy atom. The Kier molecular flexibility index (Phi) is 15.7. The minimum absolute atomic E-state index is 0.0999. The molecule has 1 aliphatic rings. The Bertz CT molecular complexity index is 245. The predicted molar refractivity (Wildman–Crippen MR) is 107 cm³/mol. The quantitative estimate of drug-likeness (QED) is 0.442. The van der Waals surface area contributed by atoms with Crippen LogP contribution >= 0.6 is 0 Å². The standard InChI is InChI=1S/C22H43NO/c24-23-22-20-18-16-14-12-10-8-6-4-2-1-3-5-7-9-11-13-15-17-19-21-22/h22H,1-21H2. The summed E-state index contributed by atoms with van der Waals surface area (Å²) in [5, 5.41) is 3.37. The minimum Gasteiger partial charge on any atom is -0.151 e. The fourth-order valence-corrected chi connectivity index (χ4v) is 4.01. The molecule has 0 amide bonds. The van der Waals surface area contributed by atoms with Crippen LogP contribution in [0.1, 0.15) is 135 Å². The molecule has 0 radical (unpaired) electrons. The molecule has 0 aromatic rings. The Morgan fingerprint density at radius 2 is 0.583 bits per heavy atom. The molecule has 0 heterocycles. The van der Waals surface area contributed by atoms with Crippen LogP contribution in [0.3, 0.4) is 0 Å².